The lowest BCUT2D eigenvalue weighted by Crippen LogP contribution is -2.51. The molecule has 0 radical (unpaired) electrons. The summed E-state index contributed by atoms with van der Waals surface area (Å²) >= 11 is 0. The SMILES string of the molecule is CC=C1C(=O)C[C@H]2[C@@H]3CC=C4C[C@@H](O[Si](C)(C)C(C)(C)C)CCC4(C)[C@H]3CC[C@]12C. The second-order valence-electron chi connectivity index (χ2n) is 12.8. The minimum atomic E-state index is -1.73. The summed E-state index contributed by atoms with van der Waals surface area (Å²) in [4.78, 5) is 12.8. The molecule has 168 valence electrons. The molecule has 4 aliphatic carbocycles. The van der Waals surface area contributed by atoms with Crippen molar-refractivity contribution >= 4 is 14.1 Å². The third-order valence-corrected chi connectivity index (χ3v) is 14.9. The molecular weight excluding hydrogens is 384 g/mol. The average molecular weight is 429 g/mol. The van der Waals surface area contributed by atoms with E-state index >= 15 is 0 Å². The Labute approximate surface area is 186 Å². The summed E-state index contributed by atoms with van der Waals surface area (Å²) in [6, 6.07) is 0. The molecule has 4 rings (SSSR count). The van der Waals surface area contributed by atoms with E-state index in [4.69, 9.17) is 4.43 Å². The maximum atomic E-state index is 12.8. The fraction of sp³-hybridized carbons (Fsp3) is 0.815. The number of hydrogen-bond acceptors (Lipinski definition) is 2. The molecule has 1 unspecified atom stereocenters. The van der Waals surface area contributed by atoms with Crippen LogP contribution in [0.1, 0.15) is 86.5 Å². The Kier molecular flexibility index (Phi) is 5.38. The maximum Gasteiger partial charge on any atom is 0.192 e. The highest BCUT2D eigenvalue weighted by Crippen LogP contribution is 2.65. The molecule has 0 aromatic heterocycles. The molecule has 0 aromatic rings. The highest BCUT2D eigenvalue weighted by molar-refractivity contribution is 6.74. The second kappa shape index (κ2) is 7.17. The average Bonchev–Trinajstić information content (AvgIpc) is 2.90. The molecule has 0 bridgehead atoms. The molecule has 0 aromatic carbocycles. The minimum absolute atomic E-state index is 0.122. The van der Waals surface area contributed by atoms with Gasteiger partial charge in [0.1, 0.15) is 0 Å². The van der Waals surface area contributed by atoms with E-state index in [0.29, 0.717) is 29.1 Å². The third-order valence-electron chi connectivity index (χ3n) is 10.3. The van der Waals surface area contributed by atoms with E-state index in [2.05, 4.69) is 66.8 Å². The van der Waals surface area contributed by atoms with Crippen LogP contribution in [0.15, 0.2) is 23.3 Å². The van der Waals surface area contributed by atoms with E-state index in [-0.39, 0.29) is 10.5 Å². The summed E-state index contributed by atoms with van der Waals surface area (Å²) < 4.78 is 6.85. The van der Waals surface area contributed by atoms with Crippen molar-refractivity contribution in [2.45, 2.75) is 111 Å². The molecule has 3 heteroatoms. The summed E-state index contributed by atoms with van der Waals surface area (Å²) in [5.74, 6) is 2.40. The summed E-state index contributed by atoms with van der Waals surface area (Å²) in [5.41, 5.74) is 3.26. The van der Waals surface area contributed by atoms with Gasteiger partial charge in [0.05, 0.1) is 0 Å². The van der Waals surface area contributed by atoms with Gasteiger partial charge in [0.15, 0.2) is 14.1 Å². The predicted octanol–water partition coefficient (Wildman–Crippen LogP) is 7.46. The normalized spacial score (nSPS) is 43.1. The molecule has 0 spiro atoms. The van der Waals surface area contributed by atoms with Crippen LogP contribution in [-0.2, 0) is 9.22 Å². The number of hydrogen-bond donors (Lipinski definition) is 0. The molecule has 3 fully saturated rings. The van der Waals surface area contributed by atoms with Gasteiger partial charge in [-0.05, 0) is 97.7 Å². The standard InChI is InChI=1S/C27H44O2Si/c1-9-21-24(28)17-23-20-11-10-18-16-19(29-30(7,8)25(2,3)4)12-14-26(18,5)22(20)13-15-27(21,23)6/h9-10,19-20,22-23H,11-17H2,1-8H3/t19-,20+,22-,23-,26?,27+/m0/s1. The molecule has 4 aliphatic rings. The Bertz CT molecular complexity index is 785. The van der Waals surface area contributed by atoms with Crippen LogP contribution in [0.3, 0.4) is 0 Å². The number of fused-ring (bicyclic) bond motifs is 5. The number of carbonyl (C=O) groups is 1. The molecule has 30 heavy (non-hydrogen) atoms. The monoisotopic (exact) mass is 428 g/mol. The number of ketones is 1. The van der Waals surface area contributed by atoms with Crippen LogP contribution in [0, 0.1) is 28.6 Å². The lowest BCUT2D eigenvalue weighted by Gasteiger charge is -2.57. The van der Waals surface area contributed by atoms with Gasteiger partial charge in [-0.1, -0.05) is 52.3 Å². The molecular formula is C27H44O2Si. The summed E-state index contributed by atoms with van der Waals surface area (Å²) in [6.45, 7) is 18.8. The number of Topliss-reactive ketones (excluding diaryl/α,β-unsaturated/α-hetero) is 1. The van der Waals surface area contributed by atoms with Gasteiger partial charge in [-0.3, -0.25) is 4.79 Å². The Morgan fingerprint density at radius 2 is 1.73 bits per heavy atom. The van der Waals surface area contributed by atoms with Gasteiger partial charge in [-0.25, -0.2) is 0 Å². The van der Waals surface area contributed by atoms with Crippen molar-refractivity contribution in [1.82, 2.24) is 0 Å². The van der Waals surface area contributed by atoms with E-state index in [1.165, 1.54) is 32.1 Å². The first-order valence-electron chi connectivity index (χ1n) is 12.4. The van der Waals surface area contributed by atoms with E-state index in [1.807, 2.05) is 0 Å². The zero-order chi connectivity index (χ0) is 22.1. The molecule has 2 nitrogen and oxygen atoms in total. The fourth-order valence-electron chi connectivity index (χ4n) is 7.47. The van der Waals surface area contributed by atoms with Crippen LogP contribution in [0.25, 0.3) is 0 Å². The first kappa shape index (κ1) is 22.5. The quantitative estimate of drug-likeness (QED) is 0.259. The Balaban J connectivity index is 1.56. The first-order chi connectivity index (χ1) is 13.8. The Morgan fingerprint density at radius 1 is 1.07 bits per heavy atom. The molecule has 0 aliphatic heterocycles. The van der Waals surface area contributed by atoms with Crippen molar-refractivity contribution in [3.8, 4) is 0 Å². The van der Waals surface area contributed by atoms with Crippen molar-refractivity contribution in [3.63, 3.8) is 0 Å². The van der Waals surface area contributed by atoms with Gasteiger partial charge in [0.25, 0.3) is 0 Å². The van der Waals surface area contributed by atoms with Gasteiger partial charge in [0, 0.05) is 12.5 Å². The molecule has 0 N–H and O–H groups in total. The highest BCUT2D eigenvalue weighted by atomic mass is 28.4. The summed E-state index contributed by atoms with van der Waals surface area (Å²) in [5, 5.41) is 0.271. The van der Waals surface area contributed by atoms with Gasteiger partial charge in [-0.2, -0.15) is 0 Å². The van der Waals surface area contributed by atoms with Gasteiger partial charge < -0.3 is 4.43 Å². The van der Waals surface area contributed by atoms with Crippen molar-refractivity contribution < 1.29 is 9.22 Å². The number of carbonyl (C=O) groups excluding carboxylic acids is 1. The largest absolute Gasteiger partial charge is 0.414 e. The topological polar surface area (TPSA) is 26.3 Å². The van der Waals surface area contributed by atoms with Crippen LogP contribution in [0.2, 0.25) is 18.1 Å². The maximum absolute atomic E-state index is 12.8. The molecule has 0 heterocycles. The Morgan fingerprint density at radius 3 is 2.37 bits per heavy atom. The van der Waals surface area contributed by atoms with Crippen LogP contribution in [0.4, 0.5) is 0 Å². The fourth-order valence-corrected chi connectivity index (χ4v) is 8.86. The van der Waals surface area contributed by atoms with Gasteiger partial charge in [0.2, 0.25) is 0 Å². The number of rotatable bonds is 2. The van der Waals surface area contributed by atoms with Gasteiger partial charge in [-0.15, -0.1) is 0 Å². The van der Waals surface area contributed by atoms with Crippen molar-refractivity contribution in [2.24, 2.45) is 28.6 Å². The minimum Gasteiger partial charge on any atom is -0.414 e. The predicted molar refractivity (Wildman–Crippen MR) is 128 cm³/mol. The molecule has 3 saturated carbocycles. The summed E-state index contributed by atoms with van der Waals surface area (Å²) in [6.07, 6.45) is 13.1. The van der Waals surface area contributed by atoms with Crippen molar-refractivity contribution in [3.05, 3.63) is 23.3 Å². The highest BCUT2D eigenvalue weighted by Gasteiger charge is 2.59. The van der Waals surface area contributed by atoms with E-state index in [1.54, 1.807) is 5.57 Å². The smallest absolute Gasteiger partial charge is 0.192 e. The zero-order valence-electron chi connectivity index (χ0n) is 20.7. The van der Waals surface area contributed by atoms with Crippen LogP contribution in [0.5, 0.6) is 0 Å². The lowest BCUT2D eigenvalue weighted by atomic mass is 9.48. The van der Waals surface area contributed by atoms with Crippen molar-refractivity contribution in [2.75, 3.05) is 0 Å². The molecule has 0 saturated heterocycles. The molecule has 0 amide bonds. The van der Waals surface area contributed by atoms with Crippen LogP contribution in [-0.4, -0.2) is 20.2 Å². The van der Waals surface area contributed by atoms with Crippen LogP contribution < -0.4 is 0 Å². The Hall–Kier alpha value is -0.673. The van der Waals surface area contributed by atoms with Crippen LogP contribution >= 0.6 is 0 Å². The third kappa shape index (κ3) is 3.25. The van der Waals surface area contributed by atoms with E-state index < -0.39 is 8.32 Å². The van der Waals surface area contributed by atoms with Crippen molar-refractivity contribution in [1.29, 1.82) is 0 Å². The van der Waals surface area contributed by atoms with Gasteiger partial charge >= 0.3 is 0 Å². The summed E-state index contributed by atoms with van der Waals surface area (Å²) in [7, 11) is -1.73. The second-order valence-corrected chi connectivity index (χ2v) is 17.5. The van der Waals surface area contributed by atoms with E-state index in [9.17, 15) is 4.79 Å². The van der Waals surface area contributed by atoms with E-state index in [0.717, 1.165) is 24.3 Å². The zero-order valence-corrected chi connectivity index (χ0v) is 21.7. The number of allylic oxidation sites excluding steroid dienone is 3. The molecule has 6 atom stereocenters. The first-order valence-corrected chi connectivity index (χ1v) is 15.3. The lowest BCUT2D eigenvalue weighted by molar-refractivity contribution is -0.115.